The van der Waals surface area contributed by atoms with Crippen LogP contribution in [-0.2, 0) is 9.63 Å². The number of alkyl halides is 3. The Kier molecular flexibility index (Phi) is 5.60. The lowest BCUT2D eigenvalue weighted by atomic mass is 10.1. The van der Waals surface area contributed by atoms with E-state index >= 15 is 0 Å². The number of nitrogens with zero attached hydrogens (tertiary/aromatic N) is 1. The van der Waals surface area contributed by atoms with Crippen LogP contribution < -0.4 is 5.32 Å². The summed E-state index contributed by atoms with van der Waals surface area (Å²) in [6.45, 7) is 0. The molecule has 2 amide bonds. The molecule has 1 aromatic carbocycles. The molecule has 0 aliphatic carbocycles. The van der Waals surface area contributed by atoms with E-state index in [2.05, 4.69) is 20.8 Å². The van der Waals surface area contributed by atoms with E-state index in [9.17, 15) is 22.8 Å². The number of hydroxylamine groups is 2. The van der Waals surface area contributed by atoms with Crippen molar-refractivity contribution < 1.29 is 27.6 Å². The molecule has 1 aromatic rings. The van der Waals surface area contributed by atoms with Gasteiger partial charge in [0.05, 0.1) is 23.4 Å². The van der Waals surface area contributed by atoms with E-state index in [1.54, 1.807) is 5.32 Å². The summed E-state index contributed by atoms with van der Waals surface area (Å²) in [6, 6.07) is 2.47. The number of carbonyl (C=O) groups is 2. The van der Waals surface area contributed by atoms with Gasteiger partial charge < -0.3 is 5.32 Å². The van der Waals surface area contributed by atoms with Crippen LogP contribution in [0.2, 0.25) is 5.02 Å². The van der Waals surface area contributed by atoms with E-state index < -0.39 is 23.7 Å². The summed E-state index contributed by atoms with van der Waals surface area (Å²) in [5.41, 5.74) is -0.701. The van der Waals surface area contributed by atoms with Crippen LogP contribution in [0, 0.1) is 0 Å². The van der Waals surface area contributed by atoms with Gasteiger partial charge in [-0.1, -0.05) is 27.5 Å². The van der Waals surface area contributed by atoms with Gasteiger partial charge in [0, 0.05) is 11.5 Å². The third-order valence-corrected chi connectivity index (χ3v) is 3.10. The lowest BCUT2D eigenvalue weighted by molar-refractivity contribution is -0.167. The van der Waals surface area contributed by atoms with Crippen LogP contribution >= 0.6 is 27.5 Å². The number of benzene rings is 1. The highest BCUT2D eigenvalue weighted by Crippen LogP contribution is 2.32. The standard InChI is InChI=1S/C11H9BrClF3N2O3/c1-18(21-2)9(19)6-3-5(12)4-7(13)8(6)17-10(20)11(14,15)16/h3-4H,1-2H3,(H,17,20). The Balaban J connectivity index is 3.31. The maximum Gasteiger partial charge on any atom is 0.471 e. The van der Waals surface area contributed by atoms with Crippen LogP contribution in [0.5, 0.6) is 0 Å². The molecule has 0 fully saturated rings. The normalized spacial score (nSPS) is 11.2. The summed E-state index contributed by atoms with van der Waals surface area (Å²) in [7, 11) is 2.46. The SMILES string of the molecule is CON(C)C(=O)c1cc(Br)cc(Cl)c1NC(=O)C(F)(F)F. The van der Waals surface area contributed by atoms with E-state index in [1.807, 2.05) is 0 Å². The first-order valence-corrected chi connectivity index (χ1v) is 6.44. The second-order valence-corrected chi connectivity index (χ2v) is 5.07. The van der Waals surface area contributed by atoms with Gasteiger partial charge >= 0.3 is 12.1 Å². The van der Waals surface area contributed by atoms with Crippen molar-refractivity contribution in [1.29, 1.82) is 0 Å². The van der Waals surface area contributed by atoms with Gasteiger partial charge in [0.2, 0.25) is 0 Å². The first-order valence-electron chi connectivity index (χ1n) is 5.27. The first kappa shape index (κ1) is 17.7. The zero-order valence-corrected chi connectivity index (χ0v) is 13.1. The third-order valence-electron chi connectivity index (χ3n) is 2.34. The molecule has 5 nitrogen and oxygen atoms in total. The molecule has 10 heteroatoms. The Hall–Kier alpha value is -1.32. The second-order valence-electron chi connectivity index (χ2n) is 3.75. The highest BCUT2D eigenvalue weighted by molar-refractivity contribution is 9.10. The topological polar surface area (TPSA) is 58.6 Å². The largest absolute Gasteiger partial charge is 0.471 e. The lowest BCUT2D eigenvalue weighted by Gasteiger charge is -2.18. The van der Waals surface area contributed by atoms with Crippen molar-refractivity contribution in [2.24, 2.45) is 0 Å². The van der Waals surface area contributed by atoms with Crippen LogP contribution in [-0.4, -0.2) is 37.2 Å². The summed E-state index contributed by atoms with van der Waals surface area (Å²) in [5, 5.41) is 2.14. The highest BCUT2D eigenvalue weighted by Gasteiger charge is 2.39. The molecule has 21 heavy (non-hydrogen) atoms. The fourth-order valence-corrected chi connectivity index (χ4v) is 2.16. The number of carbonyl (C=O) groups excluding carboxylic acids is 2. The van der Waals surface area contributed by atoms with E-state index in [0.29, 0.717) is 4.47 Å². The summed E-state index contributed by atoms with van der Waals surface area (Å²) in [4.78, 5) is 27.7. The molecule has 0 radical (unpaired) electrons. The van der Waals surface area contributed by atoms with Crippen LogP contribution in [0.4, 0.5) is 18.9 Å². The van der Waals surface area contributed by atoms with Crippen LogP contribution in [0.25, 0.3) is 0 Å². The minimum Gasteiger partial charge on any atom is -0.316 e. The fraction of sp³-hybridized carbons (Fsp3) is 0.273. The smallest absolute Gasteiger partial charge is 0.316 e. The molecule has 0 saturated heterocycles. The molecular formula is C11H9BrClF3N2O3. The number of hydrogen-bond donors (Lipinski definition) is 1. The lowest BCUT2D eigenvalue weighted by Crippen LogP contribution is -2.32. The molecule has 0 heterocycles. The molecule has 0 aliphatic heterocycles. The molecule has 0 saturated carbocycles. The number of nitrogens with one attached hydrogen (secondary N) is 1. The minimum atomic E-state index is -5.11. The van der Waals surface area contributed by atoms with Crippen molar-refractivity contribution in [2.45, 2.75) is 6.18 Å². The van der Waals surface area contributed by atoms with Gasteiger partial charge in [0.25, 0.3) is 5.91 Å². The van der Waals surface area contributed by atoms with Gasteiger partial charge in [-0.25, -0.2) is 5.06 Å². The van der Waals surface area contributed by atoms with Crippen LogP contribution in [0.15, 0.2) is 16.6 Å². The Bertz CT molecular complexity index is 581. The van der Waals surface area contributed by atoms with Crippen molar-refractivity contribution in [1.82, 2.24) is 5.06 Å². The van der Waals surface area contributed by atoms with Crippen molar-refractivity contribution in [3.8, 4) is 0 Å². The van der Waals surface area contributed by atoms with Gasteiger partial charge in [-0.3, -0.25) is 14.4 Å². The summed E-state index contributed by atoms with van der Waals surface area (Å²) in [6.07, 6.45) is -5.11. The number of hydrogen-bond acceptors (Lipinski definition) is 3. The quantitative estimate of drug-likeness (QED) is 0.808. The fourth-order valence-electron chi connectivity index (χ4n) is 1.31. The molecule has 0 spiro atoms. The Morgan fingerprint density at radius 2 is 1.95 bits per heavy atom. The van der Waals surface area contributed by atoms with Gasteiger partial charge in [-0.15, -0.1) is 0 Å². The number of anilines is 1. The molecule has 1 N–H and O–H groups in total. The maximum absolute atomic E-state index is 12.3. The number of rotatable bonds is 3. The molecule has 0 aliphatic rings. The Labute approximate surface area is 131 Å². The van der Waals surface area contributed by atoms with E-state index in [4.69, 9.17) is 11.6 Å². The zero-order valence-electron chi connectivity index (χ0n) is 10.7. The molecule has 116 valence electrons. The number of halogens is 5. The Morgan fingerprint density at radius 3 is 2.43 bits per heavy atom. The second kappa shape index (κ2) is 6.63. The summed E-state index contributed by atoms with van der Waals surface area (Å²) < 4.78 is 37.3. The average Bonchev–Trinajstić information content (AvgIpc) is 2.38. The molecule has 0 bridgehead atoms. The molecule has 0 atom stereocenters. The van der Waals surface area contributed by atoms with E-state index in [-0.39, 0.29) is 10.6 Å². The van der Waals surface area contributed by atoms with Gasteiger partial charge in [0.15, 0.2) is 0 Å². The van der Waals surface area contributed by atoms with Crippen LogP contribution in [0.3, 0.4) is 0 Å². The van der Waals surface area contributed by atoms with Gasteiger partial charge in [-0.05, 0) is 12.1 Å². The predicted molar refractivity (Wildman–Crippen MR) is 72.9 cm³/mol. The first-order chi connectivity index (χ1) is 9.57. The molecule has 0 aromatic heterocycles. The van der Waals surface area contributed by atoms with Crippen molar-refractivity contribution >= 4 is 45.0 Å². The molecule has 0 unspecified atom stereocenters. The Morgan fingerprint density at radius 1 is 1.38 bits per heavy atom. The average molecular weight is 390 g/mol. The molecule has 1 rings (SSSR count). The maximum atomic E-state index is 12.3. The van der Waals surface area contributed by atoms with Crippen molar-refractivity contribution in [3.05, 3.63) is 27.2 Å². The highest BCUT2D eigenvalue weighted by atomic mass is 79.9. The van der Waals surface area contributed by atoms with Gasteiger partial charge in [-0.2, -0.15) is 13.2 Å². The van der Waals surface area contributed by atoms with E-state index in [1.165, 1.54) is 26.3 Å². The summed E-state index contributed by atoms with van der Waals surface area (Å²) >= 11 is 8.86. The van der Waals surface area contributed by atoms with Crippen molar-refractivity contribution in [3.63, 3.8) is 0 Å². The van der Waals surface area contributed by atoms with E-state index in [0.717, 1.165) is 5.06 Å². The minimum absolute atomic E-state index is 0.227. The van der Waals surface area contributed by atoms with Crippen LogP contribution in [0.1, 0.15) is 10.4 Å². The third kappa shape index (κ3) is 4.32. The molecular weight excluding hydrogens is 380 g/mol. The predicted octanol–water partition coefficient (Wildman–Crippen LogP) is 3.24. The monoisotopic (exact) mass is 388 g/mol. The summed E-state index contributed by atoms with van der Waals surface area (Å²) in [5.74, 6) is -3.01. The van der Waals surface area contributed by atoms with Gasteiger partial charge in [0.1, 0.15) is 0 Å². The number of amides is 2. The van der Waals surface area contributed by atoms with Crippen molar-refractivity contribution in [2.75, 3.05) is 19.5 Å². The zero-order chi connectivity index (χ0) is 16.4.